The van der Waals surface area contributed by atoms with Crippen molar-refractivity contribution in [1.82, 2.24) is 14.7 Å². The smallest absolute Gasteiger partial charge is 0.410 e. The van der Waals surface area contributed by atoms with Crippen molar-refractivity contribution in [2.75, 3.05) is 59.0 Å². The Hall–Kier alpha value is -1.67. The highest BCUT2D eigenvalue weighted by Gasteiger charge is 2.36. The summed E-state index contributed by atoms with van der Waals surface area (Å²) in [4.78, 5) is 18.8. The highest BCUT2D eigenvalue weighted by Crippen LogP contribution is 2.20. The van der Waals surface area contributed by atoms with Crippen LogP contribution in [0.4, 0.5) is 4.79 Å². The Kier molecular flexibility index (Phi) is 7.29. The maximum Gasteiger partial charge on any atom is 0.410 e. The second-order valence-electron chi connectivity index (χ2n) is 8.15. The lowest BCUT2D eigenvalue weighted by atomic mass is 9.95. The minimum absolute atomic E-state index is 0.0214. The molecule has 3 rings (SSSR count). The van der Waals surface area contributed by atoms with Crippen LogP contribution in [-0.2, 0) is 16.1 Å². The van der Waals surface area contributed by atoms with Gasteiger partial charge in [-0.3, -0.25) is 9.80 Å². The molecule has 0 spiro atoms. The van der Waals surface area contributed by atoms with Crippen LogP contribution in [0.2, 0.25) is 0 Å². The maximum atomic E-state index is 12.4. The van der Waals surface area contributed by atoms with E-state index in [-0.39, 0.29) is 12.1 Å². The number of carbonyl (C=O) groups excluding carboxylic acids is 1. The van der Waals surface area contributed by atoms with Gasteiger partial charge in [0.25, 0.3) is 0 Å². The van der Waals surface area contributed by atoms with E-state index in [9.17, 15) is 9.90 Å². The third-order valence-electron chi connectivity index (χ3n) is 5.57. The highest BCUT2D eigenvalue weighted by molar-refractivity contribution is 5.67. The van der Waals surface area contributed by atoms with Crippen molar-refractivity contribution in [1.29, 1.82) is 0 Å². The third kappa shape index (κ3) is 5.91. The summed E-state index contributed by atoms with van der Waals surface area (Å²) in [6.07, 6.45) is -0.267. The molecule has 1 atom stereocenters. The molecule has 0 aromatic heterocycles. The fourth-order valence-electron chi connectivity index (χ4n) is 3.84. The first-order valence-corrected chi connectivity index (χ1v) is 10.2. The minimum atomic E-state index is -0.811. The predicted molar refractivity (Wildman–Crippen MR) is 107 cm³/mol. The fourth-order valence-corrected chi connectivity index (χ4v) is 3.84. The number of nitrogens with zero attached hydrogens (tertiary/aromatic N) is 3. The van der Waals surface area contributed by atoms with Gasteiger partial charge in [-0.2, -0.15) is 0 Å². The molecule has 2 aliphatic heterocycles. The van der Waals surface area contributed by atoms with Gasteiger partial charge in [0, 0.05) is 45.8 Å². The summed E-state index contributed by atoms with van der Waals surface area (Å²) < 4.78 is 10.9. The number of hydrogen-bond acceptors (Lipinski definition) is 6. The molecule has 2 aliphatic rings. The molecule has 2 saturated heterocycles. The Labute approximate surface area is 167 Å². The molecule has 0 saturated carbocycles. The van der Waals surface area contributed by atoms with Gasteiger partial charge in [0.1, 0.15) is 6.61 Å². The molecular weight excluding hydrogens is 358 g/mol. The third-order valence-corrected chi connectivity index (χ3v) is 5.57. The van der Waals surface area contributed by atoms with Gasteiger partial charge in [-0.1, -0.05) is 30.3 Å². The number of morpholine rings is 1. The summed E-state index contributed by atoms with van der Waals surface area (Å²) in [5.74, 6) is 0. The van der Waals surface area contributed by atoms with E-state index >= 15 is 0 Å². The number of rotatable bonds is 6. The average molecular weight is 392 g/mol. The summed E-state index contributed by atoms with van der Waals surface area (Å²) in [6, 6.07) is 9.74. The summed E-state index contributed by atoms with van der Waals surface area (Å²) in [5, 5.41) is 10.7. The van der Waals surface area contributed by atoms with Crippen LogP contribution >= 0.6 is 0 Å². The van der Waals surface area contributed by atoms with Crippen molar-refractivity contribution in [2.45, 2.75) is 32.1 Å². The second-order valence-corrected chi connectivity index (χ2v) is 8.15. The highest BCUT2D eigenvalue weighted by atomic mass is 16.6. The van der Waals surface area contributed by atoms with Crippen molar-refractivity contribution in [3.8, 4) is 0 Å². The molecular formula is C21H33N3O4. The molecule has 0 aliphatic carbocycles. The van der Waals surface area contributed by atoms with E-state index in [0.29, 0.717) is 19.7 Å². The lowest BCUT2D eigenvalue weighted by Gasteiger charge is -2.45. The van der Waals surface area contributed by atoms with E-state index in [1.165, 1.54) is 0 Å². The number of benzene rings is 1. The van der Waals surface area contributed by atoms with Gasteiger partial charge in [-0.25, -0.2) is 4.79 Å². The molecule has 7 heteroatoms. The fraction of sp³-hybridized carbons (Fsp3) is 0.667. The molecule has 0 unspecified atom stereocenters. The van der Waals surface area contributed by atoms with Crippen molar-refractivity contribution in [3.05, 3.63) is 35.9 Å². The number of hydrogen-bond donors (Lipinski definition) is 1. The summed E-state index contributed by atoms with van der Waals surface area (Å²) in [6.45, 7) is 10.9. The van der Waals surface area contributed by atoms with Crippen molar-refractivity contribution in [3.63, 3.8) is 0 Å². The topological polar surface area (TPSA) is 65.5 Å². The lowest BCUT2D eigenvalue weighted by molar-refractivity contribution is -0.0592. The molecule has 28 heavy (non-hydrogen) atoms. The summed E-state index contributed by atoms with van der Waals surface area (Å²) in [5.41, 5.74) is 0.177. The standard InChI is InChI=1S/C21H33N3O4/c1-21(2,26)19(16-22-12-14-27-15-13-22)23-8-10-24(11-9-23)20(25)28-17-18-6-4-3-5-7-18/h3-7,19,26H,8-17H2,1-2H3/t19-/m0/s1. The predicted octanol–water partition coefficient (Wildman–Crippen LogP) is 1.41. The summed E-state index contributed by atoms with van der Waals surface area (Å²) in [7, 11) is 0. The molecule has 1 aromatic carbocycles. The largest absolute Gasteiger partial charge is 0.445 e. The van der Waals surface area contributed by atoms with Crippen LogP contribution < -0.4 is 0 Å². The van der Waals surface area contributed by atoms with Crippen LogP contribution in [0.3, 0.4) is 0 Å². The number of amides is 1. The van der Waals surface area contributed by atoms with E-state index in [2.05, 4.69) is 9.80 Å². The number of ether oxygens (including phenoxy) is 2. The zero-order valence-corrected chi connectivity index (χ0v) is 17.0. The van der Waals surface area contributed by atoms with E-state index < -0.39 is 5.60 Å². The van der Waals surface area contributed by atoms with Gasteiger partial charge in [0.05, 0.1) is 24.9 Å². The molecule has 1 N–H and O–H groups in total. The van der Waals surface area contributed by atoms with Crippen LogP contribution in [0.1, 0.15) is 19.4 Å². The lowest BCUT2D eigenvalue weighted by Crippen LogP contribution is -2.61. The zero-order chi connectivity index (χ0) is 20.0. The number of carbonyl (C=O) groups is 1. The minimum Gasteiger partial charge on any atom is -0.445 e. The summed E-state index contributed by atoms with van der Waals surface area (Å²) >= 11 is 0. The zero-order valence-electron chi connectivity index (χ0n) is 17.0. The molecule has 156 valence electrons. The van der Waals surface area contributed by atoms with Crippen LogP contribution in [0.15, 0.2) is 30.3 Å². The Bertz CT molecular complexity index is 606. The molecule has 0 bridgehead atoms. The van der Waals surface area contributed by atoms with E-state index in [1.54, 1.807) is 4.90 Å². The second kappa shape index (κ2) is 9.69. The first kappa shape index (κ1) is 21.0. The van der Waals surface area contributed by atoms with Gasteiger partial charge >= 0.3 is 6.09 Å². The molecule has 7 nitrogen and oxygen atoms in total. The van der Waals surface area contributed by atoms with E-state index in [1.807, 2.05) is 44.2 Å². The van der Waals surface area contributed by atoms with E-state index in [4.69, 9.17) is 9.47 Å². The van der Waals surface area contributed by atoms with Gasteiger partial charge in [-0.15, -0.1) is 0 Å². The Morgan fingerprint density at radius 2 is 1.75 bits per heavy atom. The van der Waals surface area contributed by atoms with Gasteiger partial charge in [0.15, 0.2) is 0 Å². The molecule has 1 aromatic rings. The van der Waals surface area contributed by atoms with Crippen LogP contribution in [0.5, 0.6) is 0 Å². The molecule has 2 heterocycles. The number of aliphatic hydroxyl groups is 1. The van der Waals surface area contributed by atoms with Gasteiger partial charge in [0.2, 0.25) is 0 Å². The van der Waals surface area contributed by atoms with Gasteiger partial charge in [-0.05, 0) is 19.4 Å². The first-order valence-electron chi connectivity index (χ1n) is 10.2. The van der Waals surface area contributed by atoms with Crippen molar-refractivity contribution >= 4 is 6.09 Å². The van der Waals surface area contributed by atoms with E-state index in [0.717, 1.165) is 51.5 Å². The maximum absolute atomic E-state index is 12.4. The van der Waals surface area contributed by atoms with Crippen LogP contribution in [0.25, 0.3) is 0 Å². The quantitative estimate of drug-likeness (QED) is 0.791. The first-order chi connectivity index (χ1) is 13.4. The SMILES string of the molecule is CC(C)(O)[C@H](CN1CCOCC1)N1CCN(C(=O)OCc2ccccc2)CC1. The number of piperazine rings is 1. The van der Waals surface area contributed by atoms with Crippen LogP contribution in [-0.4, -0.2) is 96.6 Å². The van der Waals surface area contributed by atoms with Gasteiger partial charge < -0.3 is 19.5 Å². The average Bonchev–Trinajstić information content (AvgIpc) is 2.71. The Morgan fingerprint density at radius 3 is 2.36 bits per heavy atom. The Balaban J connectivity index is 1.49. The van der Waals surface area contributed by atoms with Crippen molar-refractivity contribution in [2.24, 2.45) is 0 Å². The van der Waals surface area contributed by atoms with Crippen molar-refractivity contribution < 1.29 is 19.4 Å². The molecule has 2 fully saturated rings. The molecule has 1 amide bonds. The normalized spacial score (nSPS) is 20.8. The monoisotopic (exact) mass is 391 g/mol. The molecule has 0 radical (unpaired) electrons. The Morgan fingerprint density at radius 1 is 1.11 bits per heavy atom. The van der Waals surface area contributed by atoms with Crippen LogP contribution in [0, 0.1) is 0 Å².